The number of nitrogens with zero attached hydrogens (tertiary/aromatic N) is 2. The Morgan fingerprint density at radius 2 is 1.97 bits per heavy atom. The first-order valence-corrected chi connectivity index (χ1v) is 12.8. The third kappa shape index (κ3) is 6.22. The zero-order chi connectivity index (χ0) is 25.1. The monoisotopic (exact) mass is 521 g/mol. The third-order valence-electron chi connectivity index (χ3n) is 6.50. The average molecular weight is 522 g/mol. The molecule has 35 heavy (non-hydrogen) atoms. The lowest BCUT2D eigenvalue weighted by atomic mass is 9.93. The Morgan fingerprint density at radius 1 is 1.23 bits per heavy atom. The van der Waals surface area contributed by atoms with Gasteiger partial charge in [0, 0.05) is 52.5 Å². The SMILES string of the molecule is CC(CC1CCC(C)C1Sc1cc(C(=O)Nc2cc(F)c(F)c(F)c2)ccc1Cl)Cn1ccnc1. The highest BCUT2D eigenvalue weighted by Crippen LogP contribution is 2.46. The quantitative estimate of drug-likeness (QED) is 0.313. The molecule has 4 nitrogen and oxygen atoms in total. The molecule has 1 amide bonds. The average Bonchev–Trinajstić information content (AvgIpc) is 3.44. The molecular weight excluding hydrogens is 495 g/mol. The fourth-order valence-electron chi connectivity index (χ4n) is 4.79. The van der Waals surface area contributed by atoms with Gasteiger partial charge in [-0.2, -0.15) is 0 Å². The molecule has 1 aliphatic carbocycles. The maximum atomic E-state index is 13.5. The summed E-state index contributed by atoms with van der Waals surface area (Å²) in [5.74, 6) is -3.35. The lowest BCUT2D eigenvalue weighted by Gasteiger charge is -2.26. The Kier molecular flexibility index (Phi) is 8.12. The van der Waals surface area contributed by atoms with E-state index in [0.717, 1.165) is 42.8 Å². The maximum Gasteiger partial charge on any atom is 0.255 e. The van der Waals surface area contributed by atoms with E-state index in [4.69, 9.17) is 11.6 Å². The number of aromatic nitrogens is 2. The number of carbonyl (C=O) groups is 1. The van der Waals surface area contributed by atoms with Gasteiger partial charge in [0.15, 0.2) is 17.5 Å². The summed E-state index contributed by atoms with van der Waals surface area (Å²) >= 11 is 8.18. The van der Waals surface area contributed by atoms with Crippen molar-refractivity contribution in [2.75, 3.05) is 5.32 Å². The minimum absolute atomic E-state index is 0.160. The van der Waals surface area contributed by atoms with Crippen LogP contribution in [0.4, 0.5) is 18.9 Å². The molecule has 1 fully saturated rings. The largest absolute Gasteiger partial charge is 0.337 e. The van der Waals surface area contributed by atoms with Crippen LogP contribution in [0.2, 0.25) is 5.02 Å². The molecular formula is C26H27ClF3N3OS. The van der Waals surface area contributed by atoms with Crippen molar-refractivity contribution < 1.29 is 18.0 Å². The van der Waals surface area contributed by atoms with E-state index in [2.05, 4.69) is 28.7 Å². The summed E-state index contributed by atoms with van der Waals surface area (Å²) in [6.07, 6.45) is 8.97. The number of amides is 1. The van der Waals surface area contributed by atoms with E-state index in [1.165, 1.54) is 0 Å². The number of halogens is 4. The van der Waals surface area contributed by atoms with Gasteiger partial charge in [0.05, 0.1) is 11.3 Å². The summed E-state index contributed by atoms with van der Waals surface area (Å²) in [5.41, 5.74) is 0.143. The molecule has 0 spiro atoms. The first-order valence-electron chi connectivity index (χ1n) is 11.6. The molecule has 2 aromatic carbocycles. The second kappa shape index (κ2) is 11.1. The topological polar surface area (TPSA) is 46.9 Å². The van der Waals surface area contributed by atoms with Gasteiger partial charge in [-0.05, 0) is 55.2 Å². The molecule has 9 heteroatoms. The predicted octanol–water partition coefficient (Wildman–Crippen LogP) is 7.44. The van der Waals surface area contributed by atoms with Crippen LogP contribution < -0.4 is 5.32 Å². The highest BCUT2D eigenvalue weighted by molar-refractivity contribution is 8.00. The van der Waals surface area contributed by atoms with Crippen molar-refractivity contribution in [2.45, 2.75) is 49.8 Å². The molecule has 1 saturated carbocycles. The summed E-state index contributed by atoms with van der Waals surface area (Å²) in [5, 5.41) is 3.34. The summed E-state index contributed by atoms with van der Waals surface area (Å²) in [6.45, 7) is 5.42. The number of imidazole rings is 1. The Labute approximate surface area is 212 Å². The number of carbonyl (C=O) groups excluding carboxylic acids is 1. The molecule has 0 saturated heterocycles. The van der Waals surface area contributed by atoms with E-state index < -0.39 is 23.4 Å². The molecule has 186 valence electrons. The first kappa shape index (κ1) is 25.6. The Morgan fingerprint density at radius 3 is 2.66 bits per heavy atom. The molecule has 0 radical (unpaired) electrons. The van der Waals surface area contributed by atoms with E-state index in [0.29, 0.717) is 33.6 Å². The van der Waals surface area contributed by atoms with Crippen molar-refractivity contribution in [1.82, 2.24) is 9.55 Å². The highest BCUT2D eigenvalue weighted by atomic mass is 35.5. The van der Waals surface area contributed by atoms with Gasteiger partial charge in [-0.1, -0.05) is 25.4 Å². The molecule has 4 rings (SSSR count). The number of rotatable bonds is 8. The Hall–Kier alpha value is -2.45. The van der Waals surface area contributed by atoms with Crippen LogP contribution in [0.5, 0.6) is 0 Å². The Balaban J connectivity index is 1.46. The van der Waals surface area contributed by atoms with Crippen molar-refractivity contribution in [3.05, 3.63) is 77.1 Å². The van der Waals surface area contributed by atoms with Gasteiger partial charge in [-0.3, -0.25) is 4.79 Å². The first-order chi connectivity index (χ1) is 16.7. The van der Waals surface area contributed by atoms with E-state index in [9.17, 15) is 18.0 Å². The second-order valence-corrected chi connectivity index (χ2v) is 11.0. The highest BCUT2D eigenvalue weighted by Gasteiger charge is 2.35. The van der Waals surface area contributed by atoms with Crippen molar-refractivity contribution >= 4 is 35.0 Å². The summed E-state index contributed by atoms with van der Waals surface area (Å²) in [6, 6.07) is 6.41. The van der Waals surface area contributed by atoms with Gasteiger partial charge in [-0.25, -0.2) is 18.2 Å². The molecule has 0 bridgehead atoms. The van der Waals surface area contributed by atoms with Crippen LogP contribution in [-0.2, 0) is 6.54 Å². The zero-order valence-corrected chi connectivity index (χ0v) is 21.1. The van der Waals surface area contributed by atoms with Crippen molar-refractivity contribution in [3.8, 4) is 0 Å². The van der Waals surface area contributed by atoms with E-state index in [-0.39, 0.29) is 5.69 Å². The van der Waals surface area contributed by atoms with Gasteiger partial charge in [-0.15, -0.1) is 11.8 Å². The number of hydrogen-bond acceptors (Lipinski definition) is 3. The second-order valence-electron chi connectivity index (χ2n) is 9.35. The fourth-order valence-corrected chi connectivity index (χ4v) is 6.52. The molecule has 4 unspecified atom stereocenters. The molecule has 0 aliphatic heterocycles. The van der Waals surface area contributed by atoms with Gasteiger partial charge in [0.2, 0.25) is 0 Å². The summed E-state index contributed by atoms with van der Waals surface area (Å²) < 4.78 is 42.3. The van der Waals surface area contributed by atoms with E-state index >= 15 is 0 Å². The van der Waals surface area contributed by atoms with Crippen LogP contribution in [0.3, 0.4) is 0 Å². The lowest BCUT2D eigenvalue weighted by Crippen LogP contribution is -2.20. The predicted molar refractivity (Wildman–Crippen MR) is 133 cm³/mol. The summed E-state index contributed by atoms with van der Waals surface area (Å²) in [4.78, 5) is 17.7. The minimum atomic E-state index is -1.58. The van der Waals surface area contributed by atoms with Crippen molar-refractivity contribution in [2.24, 2.45) is 17.8 Å². The maximum absolute atomic E-state index is 13.5. The van der Waals surface area contributed by atoms with Crippen molar-refractivity contribution in [1.29, 1.82) is 0 Å². The number of hydrogen-bond donors (Lipinski definition) is 1. The van der Waals surface area contributed by atoms with Gasteiger partial charge in [0.25, 0.3) is 5.91 Å². The fraction of sp³-hybridized carbons (Fsp3) is 0.385. The lowest BCUT2D eigenvalue weighted by molar-refractivity contribution is 0.102. The molecule has 4 atom stereocenters. The number of nitrogens with one attached hydrogen (secondary N) is 1. The molecule has 1 aromatic heterocycles. The van der Waals surface area contributed by atoms with Crippen LogP contribution >= 0.6 is 23.4 Å². The van der Waals surface area contributed by atoms with Crippen LogP contribution in [0.1, 0.15) is 43.5 Å². The normalized spacial score (nSPS) is 20.7. The Bertz CT molecular complexity index is 1170. The zero-order valence-electron chi connectivity index (χ0n) is 19.5. The number of thioether (sulfide) groups is 1. The molecule has 1 N–H and O–H groups in total. The van der Waals surface area contributed by atoms with Crippen LogP contribution in [0.25, 0.3) is 0 Å². The minimum Gasteiger partial charge on any atom is -0.337 e. The van der Waals surface area contributed by atoms with Crippen LogP contribution in [0.15, 0.2) is 53.9 Å². The van der Waals surface area contributed by atoms with Crippen LogP contribution in [0, 0.1) is 35.2 Å². The number of anilines is 1. The van der Waals surface area contributed by atoms with E-state index in [1.807, 2.05) is 12.5 Å². The van der Waals surface area contributed by atoms with Gasteiger partial charge >= 0.3 is 0 Å². The van der Waals surface area contributed by atoms with Gasteiger partial charge in [0.1, 0.15) is 0 Å². The number of benzene rings is 2. The van der Waals surface area contributed by atoms with Crippen LogP contribution in [-0.4, -0.2) is 20.7 Å². The van der Waals surface area contributed by atoms with Crippen molar-refractivity contribution in [3.63, 3.8) is 0 Å². The standard InChI is InChI=1S/C26H27ClF3N3OS/c1-15(13-33-8-7-31-14-33)9-17-4-3-16(2)25(17)35-23-10-18(5-6-20(23)27)26(34)32-19-11-21(28)24(30)22(29)12-19/h5-8,10-12,14-17,25H,3-4,9,13H2,1-2H3,(H,32,34). The molecule has 1 heterocycles. The third-order valence-corrected chi connectivity index (χ3v) is 8.66. The van der Waals surface area contributed by atoms with Gasteiger partial charge < -0.3 is 9.88 Å². The molecule has 3 aromatic rings. The van der Waals surface area contributed by atoms with E-state index in [1.54, 1.807) is 36.2 Å². The summed E-state index contributed by atoms with van der Waals surface area (Å²) in [7, 11) is 0. The molecule has 1 aliphatic rings. The smallest absolute Gasteiger partial charge is 0.255 e.